The van der Waals surface area contributed by atoms with Crippen LogP contribution in [0.4, 0.5) is 0 Å². The molecule has 1 heterocycles. The first-order valence-corrected chi connectivity index (χ1v) is 9.61. The monoisotopic (exact) mass is 315 g/mol. The van der Waals surface area contributed by atoms with Crippen LogP contribution in [0.1, 0.15) is 71.9 Å². The molecule has 23 heavy (non-hydrogen) atoms. The predicted molar refractivity (Wildman–Crippen MR) is 102 cm³/mol. The lowest BCUT2D eigenvalue weighted by atomic mass is 9.86. The smallest absolute Gasteiger partial charge is 0.00926 e. The largest absolute Gasteiger partial charge is 0.300 e. The van der Waals surface area contributed by atoms with Crippen LogP contribution >= 0.6 is 0 Å². The Bertz CT molecular complexity index is 468. The molecule has 1 aliphatic rings. The fourth-order valence-corrected chi connectivity index (χ4v) is 3.85. The Morgan fingerprint density at radius 3 is 2.35 bits per heavy atom. The average Bonchev–Trinajstić information content (AvgIpc) is 2.62. The molecule has 1 aromatic carbocycles. The predicted octanol–water partition coefficient (Wildman–Crippen LogP) is 5.67. The summed E-state index contributed by atoms with van der Waals surface area (Å²) in [5.41, 5.74) is 3.17. The van der Waals surface area contributed by atoms with Gasteiger partial charge < -0.3 is 4.90 Å². The van der Waals surface area contributed by atoms with Crippen LogP contribution in [0.5, 0.6) is 0 Å². The second-order valence-electron chi connectivity index (χ2n) is 8.96. The molecule has 1 heteroatoms. The van der Waals surface area contributed by atoms with E-state index in [1.165, 1.54) is 49.9 Å². The molecule has 130 valence electrons. The van der Waals surface area contributed by atoms with Crippen molar-refractivity contribution >= 4 is 0 Å². The van der Waals surface area contributed by atoms with Gasteiger partial charge in [0.05, 0.1) is 0 Å². The molecule has 0 N–H and O–H groups in total. The van der Waals surface area contributed by atoms with Gasteiger partial charge in [0.2, 0.25) is 0 Å². The summed E-state index contributed by atoms with van der Waals surface area (Å²) in [7, 11) is 0. The van der Waals surface area contributed by atoms with Gasteiger partial charge in [0.1, 0.15) is 0 Å². The highest BCUT2D eigenvalue weighted by molar-refractivity contribution is 5.27. The van der Waals surface area contributed by atoms with Crippen molar-refractivity contribution in [3.05, 3.63) is 35.4 Å². The molecule has 0 bridgehead atoms. The SMILES string of the molecule is CC(Cc1ccc(C(C)(C)C)cc1)CN1CCCCC(C)C1C. The Labute approximate surface area is 144 Å². The van der Waals surface area contributed by atoms with Crippen LogP contribution in [0, 0.1) is 11.8 Å². The zero-order chi connectivity index (χ0) is 17.0. The van der Waals surface area contributed by atoms with Gasteiger partial charge in [0.25, 0.3) is 0 Å². The van der Waals surface area contributed by atoms with E-state index < -0.39 is 0 Å². The van der Waals surface area contributed by atoms with Crippen molar-refractivity contribution in [2.24, 2.45) is 11.8 Å². The first-order valence-electron chi connectivity index (χ1n) is 9.61. The molecule has 3 atom stereocenters. The molecule has 1 aromatic rings. The van der Waals surface area contributed by atoms with Crippen molar-refractivity contribution in [1.82, 2.24) is 4.90 Å². The van der Waals surface area contributed by atoms with E-state index in [1.54, 1.807) is 0 Å². The normalized spacial score (nSPS) is 25.1. The van der Waals surface area contributed by atoms with Crippen molar-refractivity contribution in [3.8, 4) is 0 Å². The lowest BCUT2D eigenvalue weighted by Gasteiger charge is -2.32. The maximum Gasteiger partial charge on any atom is 0.00926 e. The van der Waals surface area contributed by atoms with Crippen molar-refractivity contribution < 1.29 is 0 Å². The van der Waals surface area contributed by atoms with Crippen LogP contribution in [0.15, 0.2) is 24.3 Å². The minimum Gasteiger partial charge on any atom is -0.300 e. The molecule has 1 nitrogen and oxygen atoms in total. The zero-order valence-electron chi connectivity index (χ0n) is 16.2. The Morgan fingerprint density at radius 1 is 1.09 bits per heavy atom. The lowest BCUT2D eigenvalue weighted by Crippen LogP contribution is -2.39. The van der Waals surface area contributed by atoms with E-state index in [9.17, 15) is 0 Å². The molecule has 1 saturated heterocycles. The summed E-state index contributed by atoms with van der Waals surface area (Å²) >= 11 is 0. The fraction of sp³-hybridized carbons (Fsp3) is 0.727. The second kappa shape index (κ2) is 7.83. The first-order chi connectivity index (χ1) is 10.8. The van der Waals surface area contributed by atoms with Gasteiger partial charge in [-0.15, -0.1) is 0 Å². The fourth-order valence-electron chi connectivity index (χ4n) is 3.85. The molecule has 0 saturated carbocycles. The van der Waals surface area contributed by atoms with Gasteiger partial charge in [0.15, 0.2) is 0 Å². The quantitative estimate of drug-likeness (QED) is 0.691. The van der Waals surface area contributed by atoms with Gasteiger partial charge in [-0.05, 0) is 61.1 Å². The number of nitrogens with zero attached hydrogens (tertiary/aromatic N) is 1. The van der Waals surface area contributed by atoms with Gasteiger partial charge in [-0.2, -0.15) is 0 Å². The van der Waals surface area contributed by atoms with E-state index in [4.69, 9.17) is 0 Å². The molecule has 2 rings (SSSR count). The van der Waals surface area contributed by atoms with Crippen LogP contribution < -0.4 is 0 Å². The minimum atomic E-state index is 0.252. The number of rotatable bonds is 4. The Kier molecular flexibility index (Phi) is 6.31. The van der Waals surface area contributed by atoms with Gasteiger partial charge in [-0.1, -0.05) is 65.3 Å². The molecule has 0 amide bonds. The summed E-state index contributed by atoms with van der Waals surface area (Å²) < 4.78 is 0. The summed E-state index contributed by atoms with van der Waals surface area (Å²) in [6.45, 7) is 16.7. The molecule has 1 fully saturated rings. The number of hydrogen-bond acceptors (Lipinski definition) is 1. The maximum atomic E-state index is 2.74. The van der Waals surface area contributed by atoms with E-state index in [0.717, 1.165) is 17.9 Å². The topological polar surface area (TPSA) is 3.24 Å². The standard InChI is InChI=1S/C22H37N/c1-17(16-23-14-8-7-9-18(2)19(23)3)15-20-10-12-21(13-11-20)22(4,5)6/h10-13,17-19H,7-9,14-16H2,1-6H3. The molecule has 0 aromatic heterocycles. The van der Waals surface area contributed by atoms with E-state index >= 15 is 0 Å². The third-order valence-electron chi connectivity index (χ3n) is 5.70. The Morgan fingerprint density at radius 2 is 1.74 bits per heavy atom. The number of benzene rings is 1. The molecule has 0 spiro atoms. The average molecular weight is 316 g/mol. The first kappa shape index (κ1) is 18.5. The van der Waals surface area contributed by atoms with Gasteiger partial charge in [-0.3, -0.25) is 0 Å². The van der Waals surface area contributed by atoms with Crippen molar-refractivity contribution in [2.75, 3.05) is 13.1 Å². The zero-order valence-corrected chi connectivity index (χ0v) is 16.2. The molecule has 0 aliphatic carbocycles. The number of likely N-dealkylation sites (tertiary alicyclic amines) is 1. The Balaban J connectivity index is 1.92. The summed E-state index contributed by atoms with van der Waals surface area (Å²) in [6.07, 6.45) is 5.38. The third-order valence-corrected chi connectivity index (χ3v) is 5.70. The summed E-state index contributed by atoms with van der Waals surface area (Å²) in [5, 5.41) is 0. The van der Waals surface area contributed by atoms with Gasteiger partial charge in [0, 0.05) is 12.6 Å². The molecular weight excluding hydrogens is 278 g/mol. The molecule has 0 radical (unpaired) electrons. The van der Waals surface area contributed by atoms with Crippen LogP contribution in [0.2, 0.25) is 0 Å². The molecular formula is C22H37N. The van der Waals surface area contributed by atoms with Gasteiger partial charge >= 0.3 is 0 Å². The van der Waals surface area contributed by atoms with E-state index in [1.807, 2.05) is 0 Å². The lowest BCUT2D eigenvalue weighted by molar-refractivity contribution is 0.154. The van der Waals surface area contributed by atoms with Crippen LogP contribution in [-0.4, -0.2) is 24.0 Å². The van der Waals surface area contributed by atoms with Crippen molar-refractivity contribution in [1.29, 1.82) is 0 Å². The Hall–Kier alpha value is -0.820. The number of hydrogen-bond donors (Lipinski definition) is 0. The molecule has 1 aliphatic heterocycles. The van der Waals surface area contributed by atoms with Crippen LogP contribution in [0.3, 0.4) is 0 Å². The van der Waals surface area contributed by atoms with Crippen LogP contribution in [0.25, 0.3) is 0 Å². The second-order valence-corrected chi connectivity index (χ2v) is 8.96. The summed E-state index contributed by atoms with van der Waals surface area (Å²) in [5.74, 6) is 1.57. The highest BCUT2D eigenvalue weighted by atomic mass is 15.2. The van der Waals surface area contributed by atoms with Crippen molar-refractivity contribution in [3.63, 3.8) is 0 Å². The highest BCUT2D eigenvalue weighted by Gasteiger charge is 2.24. The third kappa shape index (κ3) is 5.35. The maximum absolute atomic E-state index is 2.74. The van der Waals surface area contributed by atoms with E-state index in [0.29, 0.717) is 0 Å². The van der Waals surface area contributed by atoms with Crippen molar-refractivity contribution in [2.45, 2.75) is 78.7 Å². The van der Waals surface area contributed by atoms with Gasteiger partial charge in [-0.25, -0.2) is 0 Å². The highest BCUT2D eigenvalue weighted by Crippen LogP contribution is 2.25. The van der Waals surface area contributed by atoms with E-state index in [2.05, 4.69) is 70.7 Å². The van der Waals surface area contributed by atoms with E-state index in [-0.39, 0.29) is 5.41 Å². The van der Waals surface area contributed by atoms with Crippen LogP contribution in [-0.2, 0) is 11.8 Å². The summed E-state index contributed by atoms with van der Waals surface area (Å²) in [6, 6.07) is 10.1. The summed E-state index contributed by atoms with van der Waals surface area (Å²) in [4.78, 5) is 2.74. The minimum absolute atomic E-state index is 0.252. The molecule has 3 unspecified atom stereocenters.